The van der Waals surface area contributed by atoms with E-state index < -0.39 is 21.9 Å². The number of thiazole rings is 1. The third-order valence-corrected chi connectivity index (χ3v) is 8.76. The molecule has 1 atom stereocenters. The SMILES string of the molecule is COC(=O)c1ccc2c(c1)sc(=NC(=O)c1ccc(S(=O)(=O)N3CCCC(C)C3)cc1)n2C. The molecule has 2 heterocycles. The van der Waals surface area contributed by atoms with Gasteiger partial charge in [0, 0.05) is 25.7 Å². The number of piperidine rings is 1. The van der Waals surface area contributed by atoms with Crippen LogP contribution < -0.4 is 4.80 Å². The van der Waals surface area contributed by atoms with E-state index in [2.05, 4.69) is 11.9 Å². The number of aromatic nitrogens is 1. The van der Waals surface area contributed by atoms with Crippen LogP contribution in [0.15, 0.2) is 52.4 Å². The van der Waals surface area contributed by atoms with Gasteiger partial charge in [0.05, 0.1) is 27.8 Å². The van der Waals surface area contributed by atoms with E-state index in [1.807, 2.05) is 0 Å². The Hall–Kier alpha value is -2.82. The number of carbonyl (C=O) groups excluding carboxylic acids is 2. The van der Waals surface area contributed by atoms with Gasteiger partial charge in [0.2, 0.25) is 10.0 Å². The zero-order valence-corrected chi connectivity index (χ0v) is 20.3. The second-order valence-electron chi connectivity index (χ2n) is 8.17. The summed E-state index contributed by atoms with van der Waals surface area (Å²) in [4.78, 5) is 29.4. The molecule has 8 nitrogen and oxygen atoms in total. The number of benzene rings is 2. The summed E-state index contributed by atoms with van der Waals surface area (Å²) in [5, 5.41) is 0. The number of esters is 1. The van der Waals surface area contributed by atoms with Crippen molar-refractivity contribution < 1.29 is 22.7 Å². The van der Waals surface area contributed by atoms with Gasteiger partial charge in [-0.2, -0.15) is 9.30 Å². The molecular weight excluding hydrogens is 462 g/mol. The van der Waals surface area contributed by atoms with E-state index >= 15 is 0 Å². The molecule has 1 aliphatic rings. The first-order valence-electron chi connectivity index (χ1n) is 10.6. The van der Waals surface area contributed by atoms with Crippen molar-refractivity contribution in [3.05, 3.63) is 58.4 Å². The van der Waals surface area contributed by atoms with E-state index in [0.717, 1.165) is 23.1 Å². The third-order valence-electron chi connectivity index (χ3n) is 5.79. The number of methoxy groups -OCH3 is 1. The van der Waals surface area contributed by atoms with E-state index in [0.29, 0.717) is 34.9 Å². The molecule has 3 aromatic rings. The molecule has 1 amide bonds. The zero-order valence-electron chi connectivity index (χ0n) is 18.6. The highest BCUT2D eigenvalue weighted by atomic mass is 32.2. The average Bonchev–Trinajstić information content (AvgIpc) is 3.13. The maximum atomic E-state index is 12.9. The Kier molecular flexibility index (Phi) is 6.51. The van der Waals surface area contributed by atoms with Gasteiger partial charge in [-0.05, 0) is 61.2 Å². The number of ether oxygens (including phenoxy) is 1. The number of nitrogens with zero attached hydrogens (tertiary/aromatic N) is 3. The summed E-state index contributed by atoms with van der Waals surface area (Å²) in [5.74, 6) is -0.573. The normalized spacial score (nSPS) is 17.9. The number of aryl methyl sites for hydroxylation is 1. The first kappa shape index (κ1) is 23.3. The molecule has 33 heavy (non-hydrogen) atoms. The predicted octanol–water partition coefficient (Wildman–Crippen LogP) is 3.19. The van der Waals surface area contributed by atoms with Crippen LogP contribution in [0.2, 0.25) is 0 Å². The van der Waals surface area contributed by atoms with Crippen molar-refractivity contribution in [2.24, 2.45) is 18.0 Å². The van der Waals surface area contributed by atoms with E-state index in [1.54, 1.807) is 29.8 Å². The van der Waals surface area contributed by atoms with E-state index in [4.69, 9.17) is 4.74 Å². The molecular formula is C23H25N3O5S2. The standard InChI is InChI=1S/C23H25N3O5S2/c1-15-5-4-12-26(14-15)33(29,30)18-9-6-16(7-10-18)21(27)24-23-25(2)19-11-8-17(22(28)31-3)13-20(19)32-23/h6-11,13,15H,4-5,12,14H2,1-3H3. The van der Waals surface area contributed by atoms with Crippen molar-refractivity contribution in [1.29, 1.82) is 0 Å². The second-order valence-corrected chi connectivity index (χ2v) is 11.1. The van der Waals surface area contributed by atoms with Gasteiger partial charge in [0.25, 0.3) is 5.91 Å². The number of hydrogen-bond acceptors (Lipinski definition) is 6. The van der Waals surface area contributed by atoms with Crippen molar-refractivity contribution >= 4 is 43.5 Å². The minimum atomic E-state index is -3.58. The molecule has 0 spiro atoms. The number of rotatable bonds is 4. The summed E-state index contributed by atoms with van der Waals surface area (Å²) in [6, 6.07) is 11.1. The minimum absolute atomic E-state index is 0.177. The lowest BCUT2D eigenvalue weighted by Crippen LogP contribution is -2.39. The van der Waals surface area contributed by atoms with Gasteiger partial charge in [0.1, 0.15) is 0 Å². The highest BCUT2D eigenvalue weighted by molar-refractivity contribution is 7.89. The fourth-order valence-electron chi connectivity index (χ4n) is 3.92. The lowest BCUT2D eigenvalue weighted by atomic mass is 10.0. The summed E-state index contributed by atoms with van der Waals surface area (Å²) >= 11 is 1.28. The fraction of sp³-hybridized carbons (Fsp3) is 0.348. The minimum Gasteiger partial charge on any atom is -0.465 e. The van der Waals surface area contributed by atoms with Gasteiger partial charge >= 0.3 is 5.97 Å². The lowest BCUT2D eigenvalue weighted by Gasteiger charge is -2.30. The number of sulfonamides is 1. The van der Waals surface area contributed by atoms with E-state index in [1.165, 1.54) is 47.0 Å². The van der Waals surface area contributed by atoms with Gasteiger partial charge in [-0.15, -0.1) is 0 Å². The van der Waals surface area contributed by atoms with E-state index in [9.17, 15) is 18.0 Å². The lowest BCUT2D eigenvalue weighted by molar-refractivity contribution is 0.0600. The summed E-state index contributed by atoms with van der Waals surface area (Å²) in [6.45, 7) is 3.08. The molecule has 1 saturated heterocycles. The Morgan fingerprint density at radius 2 is 1.82 bits per heavy atom. The Balaban J connectivity index is 1.60. The number of carbonyl (C=O) groups is 2. The van der Waals surface area contributed by atoms with Gasteiger partial charge in [-0.1, -0.05) is 18.3 Å². The van der Waals surface area contributed by atoms with Crippen LogP contribution in [0.1, 0.15) is 40.5 Å². The molecule has 10 heteroatoms. The third kappa shape index (κ3) is 4.64. The molecule has 0 bridgehead atoms. The molecule has 2 aromatic carbocycles. The molecule has 1 aliphatic heterocycles. The summed E-state index contributed by atoms with van der Waals surface area (Å²) in [5.41, 5.74) is 1.55. The Bertz CT molecular complexity index is 1390. The highest BCUT2D eigenvalue weighted by Gasteiger charge is 2.28. The molecule has 0 N–H and O–H groups in total. The molecule has 4 rings (SSSR count). The summed E-state index contributed by atoms with van der Waals surface area (Å²) in [6.07, 6.45) is 1.88. The van der Waals surface area contributed by atoms with Gasteiger partial charge in [0.15, 0.2) is 4.80 Å². The molecule has 174 valence electrons. The topological polar surface area (TPSA) is 98.0 Å². The largest absolute Gasteiger partial charge is 0.465 e. The van der Waals surface area contributed by atoms with Crippen LogP contribution in [0.3, 0.4) is 0 Å². The quantitative estimate of drug-likeness (QED) is 0.527. The van der Waals surface area contributed by atoms with Crippen molar-refractivity contribution in [3.63, 3.8) is 0 Å². The van der Waals surface area contributed by atoms with Crippen LogP contribution in [-0.2, 0) is 21.8 Å². The first-order valence-corrected chi connectivity index (χ1v) is 12.8. The summed E-state index contributed by atoms with van der Waals surface area (Å²) < 4.78 is 34.7. The zero-order chi connectivity index (χ0) is 23.8. The molecule has 1 fully saturated rings. The summed E-state index contributed by atoms with van der Waals surface area (Å²) in [7, 11) is -0.469. The Labute approximate surface area is 196 Å². The molecule has 0 radical (unpaired) electrons. The van der Waals surface area contributed by atoms with Crippen LogP contribution in [0.5, 0.6) is 0 Å². The maximum absolute atomic E-state index is 12.9. The molecule has 1 unspecified atom stereocenters. The molecule has 1 aromatic heterocycles. The van der Waals surface area contributed by atoms with Crippen LogP contribution in [0.4, 0.5) is 0 Å². The monoisotopic (exact) mass is 487 g/mol. The first-order chi connectivity index (χ1) is 15.7. The smallest absolute Gasteiger partial charge is 0.337 e. The van der Waals surface area contributed by atoms with Crippen LogP contribution in [0, 0.1) is 5.92 Å². The average molecular weight is 488 g/mol. The van der Waals surface area contributed by atoms with Crippen molar-refractivity contribution in [1.82, 2.24) is 8.87 Å². The molecule has 0 aliphatic carbocycles. The van der Waals surface area contributed by atoms with Gasteiger partial charge < -0.3 is 9.30 Å². The van der Waals surface area contributed by atoms with Gasteiger partial charge in [-0.3, -0.25) is 4.79 Å². The number of fused-ring (bicyclic) bond motifs is 1. The van der Waals surface area contributed by atoms with Crippen LogP contribution >= 0.6 is 11.3 Å². The Morgan fingerprint density at radius 1 is 1.12 bits per heavy atom. The molecule has 0 saturated carbocycles. The maximum Gasteiger partial charge on any atom is 0.337 e. The van der Waals surface area contributed by atoms with Crippen molar-refractivity contribution in [2.75, 3.05) is 20.2 Å². The van der Waals surface area contributed by atoms with Crippen LogP contribution in [0.25, 0.3) is 10.2 Å². The van der Waals surface area contributed by atoms with E-state index in [-0.39, 0.29) is 4.90 Å². The van der Waals surface area contributed by atoms with Crippen molar-refractivity contribution in [3.8, 4) is 0 Å². The Morgan fingerprint density at radius 3 is 2.48 bits per heavy atom. The number of hydrogen-bond donors (Lipinski definition) is 0. The van der Waals surface area contributed by atoms with Gasteiger partial charge in [-0.25, -0.2) is 13.2 Å². The second kappa shape index (κ2) is 9.20. The highest BCUT2D eigenvalue weighted by Crippen LogP contribution is 2.24. The van der Waals surface area contributed by atoms with Crippen molar-refractivity contribution in [2.45, 2.75) is 24.7 Å². The van der Waals surface area contributed by atoms with Crippen LogP contribution in [-0.4, -0.2) is 49.4 Å². The number of amides is 1. The predicted molar refractivity (Wildman–Crippen MR) is 126 cm³/mol. The fourth-order valence-corrected chi connectivity index (χ4v) is 6.57.